The van der Waals surface area contributed by atoms with Crippen molar-refractivity contribution in [2.24, 2.45) is 29.1 Å². The summed E-state index contributed by atoms with van der Waals surface area (Å²) in [5, 5.41) is 3.43. The van der Waals surface area contributed by atoms with Crippen LogP contribution in [0, 0.1) is 29.1 Å². The summed E-state index contributed by atoms with van der Waals surface area (Å²) >= 11 is 1.84. The first-order chi connectivity index (χ1) is 14.1. The van der Waals surface area contributed by atoms with Gasteiger partial charge in [-0.2, -0.15) is 0 Å². The zero-order chi connectivity index (χ0) is 19.8. The Balaban J connectivity index is 1.10. The Labute approximate surface area is 180 Å². The lowest BCUT2D eigenvalue weighted by atomic mass is 9.49. The average Bonchev–Trinajstić information content (AvgIpc) is 2.72. The third kappa shape index (κ3) is 4.12. The third-order valence-corrected chi connectivity index (χ3v) is 9.20. The van der Waals surface area contributed by atoms with E-state index in [2.05, 4.69) is 40.7 Å². The molecule has 29 heavy (non-hydrogen) atoms. The first-order valence-corrected chi connectivity index (χ1v) is 13.0. The van der Waals surface area contributed by atoms with E-state index in [1.54, 1.807) is 0 Å². The number of piperidine rings is 1. The highest BCUT2D eigenvalue weighted by Gasteiger charge is 2.54. The average molecular weight is 413 g/mol. The summed E-state index contributed by atoms with van der Waals surface area (Å²) in [6.07, 6.45) is 12.3. The van der Waals surface area contributed by atoms with Gasteiger partial charge in [0.1, 0.15) is 0 Å². The quantitative estimate of drug-likeness (QED) is 0.671. The summed E-state index contributed by atoms with van der Waals surface area (Å²) < 4.78 is 0. The van der Waals surface area contributed by atoms with Gasteiger partial charge >= 0.3 is 0 Å². The van der Waals surface area contributed by atoms with Gasteiger partial charge in [0, 0.05) is 23.4 Å². The molecule has 1 aliphatic heterocycles. The molecule has 5 aliphatic rings. The minimum absolute atomic E-state index is 0.0109. The monoisotopic (exact) mass is 412 g/mol. The van der Waals surface area contributed by atoms with Gasteiger partial charge in [0.05, 0.1) is 0 Å². The summed E-state index contributed by atoms with van der Waals surface area (Å²) in [4.78, 5) is 17.2. The fourth-order valence-electron chi connectivity index (χ4n) is 7.24. The van der Waals surface area contributed by atoms with E-state index < -0.39 is 0 Å². The highest BCUT2D eigenvalue weighted by molar-refractivity contribution is 7.98. The van der Waals surface area contributed by atoms with Crippen molar-refractivity contribution >= 4 is 17.7 Å². The summed E-state index contributed by atoms with van der Waals surface area (Å²) in [5.74, 6) is 3.60. The Kier molecular flexibility index (Phi) is 5.68. The molecule has 0 aromatic heterocycles. The number of hydrogen-bond acceptors (Lipinski definition) is 3. The highest BCUT2D eigenvalue weighted by Crippen LogP contribution is 2.60. The van der Waals surface area contributed by atoms with Crippen molar-refractivity contribution in [2.45, 2.75) is 62.8 Å². The molecule has 4 heteroatoms. The molecule has 4 aliphatic carbocycles. The Hall–Kier alpha value is -1.00. The number of carbonyl (C=O) groups excluding carboxylic acids is 1. The highest BCUT2D eigenvalue weighted by atomic mass is 32.2. The number of hydrogen-bond donors (Lipinski definition) is 1. The molecule has 0 atom stereocenters. The molecule has 1 aromatic carbocycles. The van der Waals surface area contributed by atoms with Gasteiger partial charge in [-0.05, 0) is 106 Å². The lowest BCUT2D eigenvalue weighted by molar-refractivity contribution is -0.146. The number of nitrogens with one attached hydrogen (secondary N) is 1. The van der Waals surface area contributed by atoms with Crippen LogP contribution in [0.2, 0.25) is 0 Å². The normalized spacial score (nSPS) is 34.4. The molecule has 4 saturated carbocycles. The smallest absolute Gasteiger partial charge is 0.226 e. The second kappa shape index (κ2) is 8.26. The maximum Gasteiger partial charge on any atom is 0.226 e. The first kappa shape index (κ1) is 19.9. The number of benzene rings is 1. The fourth-order valence-corrected chi connectivity index (χ4v) is 7.85. The molecule has 158 valence electrons. The van der Waals surface area contributed by atoms with Gasteiger partial charge in [-0.1, -0.05) is 18.2 Å². The topological polar surface area (TPSA) is 32.3 Å². The molecule has 6 rings (SSSR count). The van der Waals surface area contributed by atoms with E-state index >= 15 is 0 Å². The molecule has 1 aromatic rings. The van der Waals surface area contributed by atoms with E-state index in [0.717, 1.165) is 43.9 Å². The number of carbonyl (C=O) groups is 1. The lowest BCUT2D eigenvalue weighted by Crippen LogP contribution is -2.54. The Morgan fingerprint density at radius 3 is 2.31 bits per heavy atom. The Bertz CT molecular complexity index is 705. The van der Waals surface area contributed by atoms with E-state index in [9.17, 15) is 4.79 Å². The van der Waals surface area contributed by atoms with Crippen molar-refractivity contribution in [3.05, 3.63) is 29.8 Å². The van der Waals surface area contributed by atoms with Crippen molar-refractivity contribution < 1.29 is 4.79 Å². The minimum atomic E-state index is 0.0109. The van der Waals surface area contributed by atoms with Gasteiger partial charge in [-0.3, -0.25) is 9.69 Å². The van der Waals surface area contributed by atoms with Crippen molar-refractivity contribution in [1.29, 1.82) is 0 Å². The van der Waals surface area contributed by atoms with Crippen LogP contribution in [0.3, 0.4) is 0 Å². The number of nitrogens with zero attached hydrogens (tertiary/aromatic N) is 1. The molecule has 5 fully saturated rings. The van der Waals surface area contributed by atoms with Gasteiger partial charge in [-0.25, -0.2) is 0 Å². The van der Waals surface area contributed by atoms with E-state index in [4.69, 9.17) is 0 Å². The predicted octanol–water partition coefficient (Wildman–Crippen LogP) is 4.95. The molecule has 0 radical (unpaired) electrons. The fraction of sp³-hybridized carbons (Fsp3) is 0.720. The van der Waals surface area contributed by atoms with Gasteiger partial charge in [-0.15, -0.1) is 11.8 Å². The summed E-state index contributed by atoms with van der Waals surface area (Å²) in [6, 6.07) is 8.78. The number of thioether (sulfide) groups is 1. The maximum absolute atomic E-state index is 13.2. The van der Waals surface area contributed by atoms with Gasteiger partial charge in [0.25, 0.3) is 0 Å². The molecular formula is C25H36N2OS. The summed E-state index contributed by atoms with van der Waals surface area (Å²) in [7, 11) is 0. The van der Waals surface area contributed by atoms with Crippen molar-refractivity contribution in [3.8, 4) is 0 Å². The van der Waals surface area contributed by atoms with Crippen LogP contribution in [0.1, 0.15) is 56.9 Å². The number of amides is 1. The van der Waals surface area contributed by atoms with Crippen LogP contribution in [0.4, 0.5) is 0 Å². The van der Waals surface area contributed by atoms with Gasteiger partial charge < -0.3 is 5.32 Å². The van der Waals surface area contributed by atoms with Crippen LogP contribution in [0.15, 0.2) is 29.2 Å². The second-order valence-corrected chi connectivity index (χ2v) is 11.3. The standard InChI is InChI=1S/C25H36N2OS/c1-29-23-5-3-2-4-22(23)17-27-8-6-18(7-9-27)16-26-24(28)25-13-19-10-20(14-25)12-21(11-19)15-25/h2-5,18-21H,6-17H2,1H3,(H,26,28). The molecule has 4 bridgehead atoms. The molecule has 0 spiro atoms. The van der Waals surface area contributed by atoms with Crippen molar-refractivity contribution in [2.75, 3.05) is 25.9 Å². The SMILES string of the molecule is CSc1ccccc1CN1CCC(CNC(=O)C23CC4CC(CC(C4)C2)C3)CC1. The van der Waals surface area contributed by atoms with E-state index in [0.29, 0.717) is 11.8 Å². The second-order valence-electron chi connectivity index (χ2n) is 10.4. The Morgan fingerprint density at radius 2 is 1.69 bits per heavy atom. The molecule has 0 unspecified atom stereocenters. The lowest BCUT2D eigenvalue weighted by Gasteiger charge is -2.55. The minimum Gasteiger partial charge on any atom is -0.355 e. The molecule has 1 amide bonds. The third-order valence-electron chi connectivity index (χ3n) is 8.36. The van der Waals surface area contributed by atoms with Crippen molar-refractivity contribution in [1.82, 2.24) is 10.2 Å². The van der Waals surface area contributed by atoms with Crippen LogP contribution < -0.4 is 5.32 Å². The zero-order valence-corrected chi connectivity index (χ0v) is 18.7. The van der Waals surface area contributed by atoms with Crippen LogP contribution in [0.5, 0.6) is 0 Å². The summed E-state index contributed by atoms with van der Waals surface area (Å²) in [5.41, 5.74) is 1.46. The van der Waals surface area contributed by atoms with Crippen LogP contribution in [-0.2, 0) is 11.3 Å². The molecule has 1 heterocycles. The molecule has 3 nitrogen and oxygen atoms in total. The maximum atomic E-state index is 13.2. The van der Waals surface area contributed by atoms with Crippen molar-refractivity contribution in [3.63, 3.8) is 0 Å². The largest absolute Gasteiger partial charge is 0.355 e. The zero-order valence-electron chi connectivity index (χ0n) is 17.9. The molecule has 1 N–H and O–H groups in total. The van der Waals surface area contributed by atoms with Crippen LogP contribution in [-0.4, -0.2) is 36.7 Å². The first-order valence-electron chi connectivity index (χ1n) is 11.8. The van der Waals surface area contributed by atoms with E-state index in [1.807, 2.05) is 11.8 Å². The van der Waals surface area contributed by atoms with Crippen LogP contribution >= 0.6 is 11.8 Å². The molecule has 1 saturated heterocycles. The van der Waals surface area contributed by atoms with Gasteiger partial charge in [0.15, 0.2) is 0 Å². The molecular weight excluding hydrogens is 376 g/mol. The predicted molar refractivity (Wildman–Crippen MR) is 120 cm³/mol. The number of likely N-dealkylation sites (tertiary alicyclic amines) is 1. The summed E-state index contributed by atoms with van der Waals surface area (Å²) in [6.45, 7) is 4.26. The van der Waals surface area contributed by atoms with Crippen LogP contribution in [0.25, 0.3) is 0 Å². The van der Waals surface area contributed by atoms with Gasteiger partial charge in [0.2, 0.25) is 5.91 Å². The van der Waals surface area contributed by atoms with E-state index in [1.165, 1.54) is 61.8 Å². The Morgan fingerprint density at radius 1 is 1.07 bits per heavy atom. The number of rotatable bonds is 6. The van der Waals surface area contributed by atoms with E-state index in [-0.39, 0.29) is 5.41 Å².